The van der Waals surface area contributed by atoms with E-state index in [0.717, 1.165) is 37.4 Å². The van der Waals surface area contributed by atoms with Crippen molar-refractivity contribution in [2.45, 2.75) is 44.9 Å². The van der Waals surface area contributed by atoms with E-state index in [4.69, 9.17) is 4.74 Å². The summed E-state index contributed by atoms with van der Waals surface area (Å²) in [6, 6.07) is 10.6. The van der Waals surface area contributed by atoms with Crippen molar-refractivity contribution in [3.63, 3.8) is 0 Å². The Balaban J connectivity index is 1.97. The zero-order chi connectivity index (χ0) is 17.6. The Hall–Kier alpha value is -1.87. The van der Waals surface area contributed by atoms with Gasteiger partial charge in [0.05, 0.1) is 11.9 Å². The highest BCUT2D eigenvalue weighted by Crippen LogP contribution is 2.43. The van der Waals surface area contributed by atoms with Crippen LogP contribution in [0.1, 0.15) is 49.7 Å². The molecule has 0 aliphatic heterocycles. The van der Waals surface area contributed by atoms with Crippen LogP contribution in [0.5, 0.6) is 5.75 Å². The Bertz CT molecular complexity index is 678. The monoisotopic (exact) mass is 337 g/mol. The number of aryl methyl sites for hydroxylation is 1. The molecule has 0 spiro atoms. The molecule has 1 aromatic heterocycles. The SMILES string of the molecule is CCCc1cc(-c2ccc[c]n2)c(C2CCC2)cc1OCCN(C)C. The molecule has 133 valence electrons. The van der Waals surface area contributed by atoms with E-state index in [9.17, 15) is 0 Å². The lowest BCUT2D eigenvalue weighted by molar-refractivity contribution is 0.259. The van der Waals surface area contributed by atoms with Crippen molar-refractivity contribution in [3.05, 3.63) is 47.7 Å². The first-order chi connectivity index (χ1) is 12.2. The van der Waals surface area contributed by atoms with E-state index in [-0.39, 0.29) is 0 Å². The Morgan fingerprint density at radius 1 is 1.28 bits per heavy atom. The van der Waals surface area contributed by atoms with Crippen molar-refractivity contribution < 1.29 is 4.74 Å². The molecular weight excluding hydrogens is 308 g/mol. The van der Waals surface area contributed by atoms with Gasteiger partial charge in [-0.25, -0.2) is 4.98 Å². The summed E-state index contributed by atoms with van der Waals surface area (Å²) in [7, 11) is 4.16. The topological polar surface area (TPSA) is 25.4 Å². The van der Waals surface area contributed by atoms with E-state index in [1.54, 1.807) is 0 Å². The van der Waals surface area contributed by atoms with Gasteiger partial charge in [0.15, 0.2) is 0 Å². The molecule has 0 atom stereocenters. The van der Waals surface area contributed by atoms with Crippen molar-refractivity contribution >= 4 is 0 Å². The molecule has 3 rings (SSSR count). The lowest BCUT2D eigenvalue weighted by atomic mass is 9.77. The molecule has 2 aromatic rings. The molecule has 1 heterocycles. The number of hydrogen-bond acceptors (Lipinski definition) is 3. The molecule has 25 heavy (non-hydrogen) atoms. The van der Waals surface area contributed by atoms with Gasteiger partial charge in [0.1, 0.15) is 12.4 Å². The maximum atomic E-state index is 6.18. The van der Waals surface area contributed by atoms with Gasteiger partial charge < -0.3 is 9.64 Å². The molecule has 1 aromatic carbocycles. The van der Waals surface area contributed by atoms with Crippen LogP contribution in [0, 0.1) is 6.20 Å². The fourth-order valence-electron chi connectivity index (χ4n) is 3.33. The van der Waals surface area contributed by atoms with Gasteiger partial charge in [0.2, 0.25) is 0 Å². The zero-order valence-corrected chi connectivity index (χ0v) is 15.7. The Morgan fingerprint density at radius 3 is 2.72 bits per heavy atom. The van der Waals surface area contributed by atoms with Crippen molar-refractivity contribution in [2.24, 2.45) is 0 Å². The highest BCUT2D eigenvalue weighted by molar-refractivity contribution is 5.68. The summed E-state index contributed by atoms with van der Waals surface area (Å²) < 4.78 is 6.18. The average molecular weight is 337 g/mol. The number of hydrogen-bond donors (Lipinski definition) is 0. The number of likely N-dealkylation sites (N-methyl/N-ethyl adjacent to an activating group) is 1. The van der Waals surface area contributed by atoms with E-state index in [1.807, 2.05) is 12.1 Å². The zero-order valence-electron chi connectivity index (χ0n) is 15.7. The van der Waals surface area contributed by atoms with Crippen LogP contribution in [0.25, 0.3) is 11.3 Å². The van der Waals surface area contributed by atoms with Crippen LogP contribution in [0.3, 0.4) is 0 Å². The molecule has 3 nitrogen and oxygen atoms in total. The first-order valence-electron chi connectivity index (χ1n) is 9.47. The van der Waals surface area contributed by atoms with Gasteiger partial charge in [0, 0.05) is 12.1 Å². The fraction of sp³-hybridized carbons (Fsp3) is 0.500. The predicted octanol–water partition coefficient (Wildman–Crippen LogP) is 4.71. The van der Waals surface area contributed by atoms with Crippen molar-refractivity contribution in [3.8, 4) is 17.0 Å². The predicted molar refractivity (Wildman–Crippen MR) is 103 cm³/mol. The van der Waals surface area contributed by atoms with Gasteiger partial charge in [-0.15, -0.1) is 0 Å². The van der Waals surface area contributed by atoms with Crippen LogP contribution in [-0.4, -0.2) is 37.1 Å². The molecule has 1 fully saturated rings. The minimum Gasteiger partial charge on any atom is -0.492 e. The number of nitrogens with zero attached hydrogens (tertiary/aromatic N) is 2. The van der Waals surface area contributed by atoms with Crippen LogP contribution >= 0.6 is 0 Å². The number of aromatic nitrogens is 1. The third kappa shape index (κ3) is 4.40. The normalized spacial score (nSPS) is 14.6. The largest absolute Gasteiger partial charge is 0.492 e. The standard InChI is InChI=1S/C22H29N2O/c1-4-8-18-15-20(21-11-5-6-12-23-21)19(17-9-7-10-17)16-22(18)25-14-13-24(2)3/h5-6,11,15-17H,4,7-10,13-14H2,1-3H3. The van der Waals surface area contributed by atoms with Crippen LogP contribution in [0.2, 0.25) is 0 Å². The van der Waals surface area contributed by atoms with E-state index in [0.29, 0.717) is 5.92 Å². The van der Waals surface area contributed by atoms with Crippen LogP contribution < -0.4 is 4.74 Å². The van der Waals surface area contributed by atoms with Crippen LogP contribution in [-0.2, 0) is 6.42 Å². The highest BCUT2D eigenvalue weighted by Gasteiger charge is 2.25. The Morgan fingerprint density at radius 2 is 2.12 bits per heavy atom. The Labute approximate surface area is 152 Å². The highest BCUT2D eigenvalue weighted by atomic mass is 16.5. The van der Waals surface area contributed by atoms with Crippen LogP contribution in [0.15, 0.2) is 30.3 Å². The molecule has 0 unspecified atom stereocenters. The lowest BCUT2D eigenvalue weighted by Crippen LogP contribution is -2.20. The van der Waals surface area contributed by atoms with Crippen molar-refractivity contribution in [2.75, 3.05) is 27.2 Å². The molecule has 0 bridgehead atoms. The molecule has 1 aliphatic carbocycles. The van der Waals surface area contributed by atoms with Crippen molar-refractivity contribution in [1.82, 2.24) is 9.88 Å². The smallest absolute Gasteiger partial charge is 0.122 e. The molecule has 1 saturated carbocycles. The van der Waals surface area contributed by atoms with Gasteiger partial charge >= 0.3 is 0 Å². The van der Waals surface area contributed by atoms with Gasteiger partial charge in [-0.05, 0) is 74.7 Å². The fourth-order valence-corrected chi connectivity index (χ4v) is 3.33. The number of rotatable bonds is 8. The minimum atomic E-state index is 0.642. The number of pyridine rings is 1. The first-order valence-corrected chi connectivity index (χ1v) is 9.47. The third-order valence-electron chi connectivity index (χ3n) is 4.98. The molecule has 0 amide bonds. The van der Waals surface area contributed by atoms with E-state index >= 15 is 0 Å². The summed E-state index contributed by atoms with van der Waals surface area (Å²) in [6.07, 6.45) is 9.00. The second kappa shape index (κ2) is 8.48. The van der Waals surface area contributed by atoms with Gasteiger partial charge in [-0.3, -0.25) is 0 Å². The van der Waals surface area contributed by atoms with E-state index in [1.165, 1.54) is 36.0 Å². The number of benzene rings is 1. The summed E-state index contributed by atoms with van der Waals surface area (Å²) in [4.78, 5) is 6.65. The Kier molecular flexibility index (Phi) is 6.09. The first kappa shape index (κ1) is 17.9. The van der Waals surface area contributed by atoms with E-state index < -0.39 is 0 Å². The van der Waals surface area contributed by atoms with Gasteiger partial charge in [-0.2, -0.15) is 0 Å². The molecule has 0 N–H and O–H groups in total. The van der Waals surface area contributed by atoms with Gasteiger partial charge in [-0.1, -0.05) is 25.8 Å². The summed E-state index contributed by atoms with van der Waals surface area (Å²) in [5.74, 6) is 1.71. The summed E-state index contributed by atoms with van der Waals surface area (Å²) in [6.45, 7) is 3.88. The average Bonchev–Trinajstić information content (AvgIpc) is 2.56. The van der Waals surface area contributed by atoms with Crippen molar-refractivity contribution in [1.29, 1.82) is 0 Å². The molecule has 1 radical (unpaired) electrons. The summed E-state index contributed by atoms with van der Waals surface area (Å²) >= 11 is 0. The lowest BCUT2D eigenvalue weighted by Gasteiger charge is -2.29. The van der Waals surface area contributed by atoms with E-state index in [2.05, 4.69) is 55.3 Å². The molecule has 1 aliphatic rings. The third-order valence-corrected chi connectivity index (χ3v) is 4.98. The maximum absolute atomic E-state index is 6.18. The minimum absolute atomic E-state index is 0.642. The quantitative estimate of drug-likeness (QED) is 0.697. The second-order valence-electron chi connectivity index (χ2n) is 7.23. The summed E-state index contributed by atoms with van der Waals surface area (Å²) in [5, 5.41) is 0. The molecule has 0 saturated heterocycles. The van der Waals surface area contributed by atoms with Gasteiger partial charge in [0.25, 0.3) is 0 Å². The maximum Gasteiger partial charge on any atom is 0.122 e. The van der Waals surface area contributed by atoms with Crippen LogP contribution in [0.4, 0.5) is 0 Å². The summed E-state index contributed by atoms with van der Waals surface area (Å²) in [5.41, 5.74) is 4.99. The molecule has 3 heteroatoms. The number of ether oxygens (including phenoxy) is 1. The molecular formula is C22H29N2O. The second-order valence-corrected chi connectivity index (χ2v) is 7.23.